The number of benzene rings is 1. The molecule has 0 aliphatic carbocycles. The first-order valence-electron chi connectivity index (χ1n) is 5.45. The molecule has 0 aliphatic rings. The molecule has 2 N–H and O–H groups in total. The van der Waals surface area contributed by atoms with Gasteiger partial charge in [0.05, 0.1) is 10.6 Å². The molecular weight excluding hydrogens is 238 g/mol. The Labute approximate surface area is 103 Å². The van der Waals surface area contributed by atoms with Crippen molar-refractivity contribution in [2.24, 2.45) is 0 Å². The van der Waals surface area contributed by atoms with Crippen LogP contribution in [0.1, 0.15) is 27.2 Å². The molecule has 0 spiro atoms. The van der Waals surface area contributed by atoms with Crippen LogP contribution >= 0.6 is 0 Å². The van der Waals surface area contributed by atoms with Crippen LogP contribution in [-0.4, -0.2) is 20.3 Å². The lowest BCUT2D eigenvalue weighted by atomic mass is 10.1. The van der Waals surface area contributed by atoms with E-state index in [-0.39, 0.29) is 16.2 Å². The van der Waals surface area contributed by atoms with Gasteiger partial charge in [0.1, 0.15) is 11.4 Å². The van der Waals surface area contributed by atoms with Crippen molar-refractivity contribution in [3.05, 3.63) is 18.2 Å². The maximum Gasteiger partial charge on any atom is 0.177 e. The predicted octanol–water partition coefficient (Wildman–Crippen LogP) is 2.24. The average Bonchev–Trinajstić information content (AvgIpc) is 2.19. The molecule has 0 fully saturated rings. The molecule has 0 aromatic heterocycles. The molecular formula is C12H19NO3S. The van der Waals surface area contributed by atoms with Crippen molar-refractivity contribution < 1.29 is 13.2 Å². The van der Waals surface area contributed by atoms with Crippen molar-refractivity contribution >= 4 is 15.5 Å². The molecule has 0 atom stereocenters. The number of hydrogen-bond acceptors (Lipinski definition) is 4. The average molecular weight is 257 g/mol. The third-order valence-electron chi connectivity index (χ3n) is 2.66. The molecule has 0 aliphatic heterocycles. The van der Waals surface area contributed by atoms with Gasteiger partial charge in [-0.2, -0.15) is 0 Å². The number of hydrogen-bond donors (Lipinski definition) is 1. The summed E-state index contributed by atoms with van der Waals surface area (Å²) in [5, 5.41) is 0. The van der Waals surface area contributed by atoms with Gasteiger partial charge < -0.3 is 10.5 Å². The van der Waals surface area contributed by atoms with Crippen LogP contribution in [-0.2, 0) is 9.84 Å². The molecule has 0 saturated heterocycles. The zero-order chi connectivity index (χ0) is 13.3. The van der Waals surface area contributed by atoms with E-state index in [0.717, 1.165) is 12.7 Å². The maximum absolute atomic E-state index is 11.5. The second kappa shape index (κ2) is 4.56. The minimum Gasteiger partial charge on any atom is -0.486 e. The minimum absolute atomic E-state index is 0.113. The summed E-state index contributed by atoms with van der Waals surface area (Å²) in [4.78, 5) is 0.113. The number of anilines is 1. The Morgan fingerprint density at radius 3 is 2.41 bits per heavy atom. The third kappa shape index (κ3) is 3.36. The summed E-state index contributed by atoms with van der Waals surface area (Å²) in [6.45, 7) is 5.86. The molecule has 0 heterocycles. The number of ether oxygens (including phenoxy) is 1. The summed E-state index contributed by atoms with van der Waals surface area (Å²) in [6.07, 6.45) is 1.93. The van der Waals surface area contributed by atoms with E-state index in [0.29, 0.717) is 5.75 Å². The van der Waals surface area contributed by atoms with E-state index in [9.17, 15) is 8.42 Å². The Bertz CT molecular complexity index is 506. The molecule has 17 heavy (non-hydrogen) atoms. The van der Waals surface area contributed by atoms with Crippen molar-refractivity contribution in [3.8, 4) is 5.75 Å². The van der Waals surface area contributed by atoms with Gasteiger partial charge in [-0.3, -0.25) is 0 Å². The number of nitrogens with two attached hydrogens (primary N) is 1. The SMILES string of the molecule is CCC(C)(C)Oc1cccc(S(C)(=O)=O)c1N. The van der Waals surface area contributed by atoms with Crippen LogP contribution in [0.25, 0.3) is 0 Å². The number of rotatable bonds is 4. The van der Waals surface area contributed by atoms with Crippen molar-refractivity contribution in [2.75, 3.05) is 12.0 Å². The molecule has 0 saturated carbocycles. The van der Waals surface area contributed by atoms with Gasteiger partial charge in [0.25, 0.3) is 0 Å². The first-order valence-corrected chi connectivity index (χ1v) is 7.34. The highest BCUT2D eigenvalue weighted by molar-refractivity contribution is 7.90. The zero-order valence-corrected chi connectivity index (χ0v) is 11.5. The van der Waals surface area contributed by atoms with Gasteiger partial charge >= 0.3 is 0 Å². The van der Waals surface area contributed by atoms with Crippen LogP contribution in [0.4, 0.5) is 5.69 Å². The number of sulfone groups is 1. The van der Waals surface area contributed by atoms with Crippen molar-refractivity contribution in [3.63, 3.8) is 0 Å². The summed E-state index contributed by atoms with van der Waals surface area (Å²) < 4.78 is 28.7. The second-order valence-electron chi connectivity index (χ2n) is 4.66. The molecule has 96 valence electrons. The highest BCUT2D eigenvalue weighted by Crippen LogP contribution is 2.31. The quantitative estimate of drug-likeness (QED) is 0.840. The fourth-order valence-corrected chi connectivity index (χ4v) is 2.13. The van der Waals surface area contributed by atoms with Crippen LogP contribution in [0.5, 0.6) is 5.75 Å². The van der Waals surface area contributed by atoms with E-state index in [1.165, 1.54) is 6.07 Å². The van der Waals surface area contributed by atoms with Crippen LogP contribution in [0.15, 0.2) is 23.1 Å². The fourth-order valence-electron chi connectivity index (χ4n) is 1.31. The Morgan fingerprint density at radius 1 is 1.35 bits per heavy atom. The van der Waals surface area contributed by atoms with E-state index in [1.807, 2.05) is 20.8 Å². The number of para-hydroxylation sites is 1. The standard InChI is InChI=1S/C12H19NO3S/c1-5-12(2,3)16-9-7-6-8-10(11(9)13)17(4,14)15/h6-8H,5,13H2,1-4H3. The first kappa shape index (κ1) is 13.8. The third-order valence-corrected chi connectivity index (χ3v) is 3.82. The molecule has 4 nitrogen and oxygen atoms in total. The molecule has 1 aromatic carbocycles. The lowest BCUT2D eigenvalue weighted by Crippen LogP contribution is -2.27. The summed E-state index contributed by atoms with van der Waals surface area (Å²) in [5.41, 5.74) is 5.63. The van der Waals surface area contributed by atoms with Crippen molar-refractivity contribution in [1.29, 1.82) is 0 Å². The monoisotopic (exact) mass is 257 g/mol. The van der Waals surface area contributed by atoms with Gasteiger partial charge in [-0.1, -0.05) is 13.0 Å². The van der Waals surface area contributed by atoms with Crippen molar-refractivity contribution in [2.45, 2.75) is 37.7 Å². The molecule has 0 bridgehead atoms. The molecule has 0 radical (unpaired) electrons. The van der Waals surface area contributed by atoms with E-state index in [4.69, 9.17) is 10.5 Å². The first-order chi connectivity index (χ1) is 7.67. The van der Waals surface area contributed by atoms with E-state index in [1.54, 1.807) is 12.1 Å². The largest absolute Gasteiger partial charge is 0.486 e. The highest BCUT2D eigenvalue weighted by Gasteiger charge is 2.21. The fraction of sp³-hybridized carbons (Fsp3) is 0.500. The summed E-state index contributed by atoms with van der Waals surface area (Å²) >= 11 is 0. The van der Waals surface area contributed by atoms with Gasteiger partial charge in [-0.15, -0.1) is 0 Å². The van der Waals surface area contributed by atoms with Gasteiger partial charge in [0, 0.05) is 6.26 Å². The summed E-state index contributed by atoms with van der Waals surface area (Å²) in [7, 11) is -3.32. The summed E-state index contributed by atoms with van der Waals surface area (Å²) in [6, 6.07) is 4.80. The van der Waals surface area contributed by atoms with Crippen molar-refractivity contribution in [1.82, 2.24) is 0 Å². The van der Waals surface area contributed by atoms with Crippen LogP contribution in [0.3, 0.4) is 0 Å². The van der Waals surface area contributed by atoms with Gasteiger partial charge in [-0.25, -0.2) is 8.42 Å². The lowest BCUT2D eigenvalue weighted by molar-refractivity contribution is 0.106. The molecule has 1 aromatic rings. The molecule has 1 rings (SSSR count). The summed E-state index contributed by atoms with van der Waals surface area (Å²) in [5.74, 6) is 0.416. The lowest BCUT2D eigenvalue weighted by Gasteiger charge is -2.26. The van der Waals surface area contributed by atoms with Gasteiger partial charge in [0.2, 0.25) is 0 Å². The maximum atomic E-state index is 11.5. The van der Waals surface area contributed by atoms with Crippen LogP contribution < -0.4 is 10.5 Å². The number of nitrogen functional groups attached to an aromatic ring is 1. The smallest absolute Gasteiger partial charge is 0.177 e. The van der Waals surface area contributed by atoms with E-state index < -0.39 is 9.84 Å². The van der Waals surface area contributed by atoms with E-state index >= 15 is 0 Å². The van der Waals surface area contributed by atoms with Gasteiger partial charge in [0.15, 0.2) is 9.84 Å². The molecule has 5 heteroatoms. The molecule has 0 unspecified atom stereocenters. The van der Waals surface area contributed by atoms with Gasteiger partial charge in [-0.05, 0) is 32.4 Å². The Morgan fingerprint density at radius 2 is 1.94 bits per heavy atom. The topological polar surface area (TPSA) is 69.4 Å². The normalized spacial score (nSPS) is 12.5. The van der Waals surface area contributed by atoms with Crippen LogP contribution in [0.2, 0.25) is 0 Å². The van der Waals surface area contributed by atoms with Crippen LogP contribution in [0, 0.1) is 0 Å². The molecule has 0 amide bonds. The highest BCUT2D eigenvalue weighted by atomic mass is 32.2. The van der Waals surface area contributed by atoms with E-state index in [2.05, 4.69) is 0 Å². The zero-order valence-electron chi connectivity index (χ0n) is 10.6. The Balaban J connectivity index is 3.21. The minimum atomic E-state index is -3.32. The Kier molecular flexibility index (Phi) is 3.71. The Hall–Kier alpha value is -1.23. The second-order valence-corrected chi connectivity index (χ2v) is 6.64. The predicted molar refractivity (Wildman–Crippen MR) is 69.0 cm³/mol.